The van der Waals surface area contributed by atoms with Gasteiger partial charge in [0.15, 0.2) is 0 Å². The van der Waals surface area contributed by atoms with Gasteiger partial charge in [0.25, 0.3) is 0 Å². The summed E-state index contributed by atoms with van der Waals surface area (Å²) in [6, 6.07) is 0. The van der Waals surface area contributed by atoms with Crippen molar-refractivity contribution in [1.29, 1.82) is 0 Å². The molecule has 0 aliphatic carbocycles. The fraction of sp³-hybridized carbons (Fsp3) is 1.00. The van der Waals surface area contributed by atoms with Crippen LogP contribution in [0.15, 0.2) is 0 Å². The Hall–Kier alpha value is 0.110. The zero-order valence-corrected chi connectivity index (χ0v) is 9.38. The highest BCUT2D eigenvalue weighted by molar-refractivity contribution is 7.32. The molecule has 0 bridgehead atoms. The van der Waals surface area contributed by atoms with E-state index in [1.807, 2.05) is 0 Å². The lowest BCUT2D eigenvalue weighted by Gasteiger charge is -2.26. The Balaban J connectivity index is 3.55. The first kappa shape index (κ1) is 13.1. The number of hydrogen-bond donors (Lipinski definition) is 2. The molecule has 13 heavy (non-hydrogen) atoms. The van der Waals surface area contributed by atoms with Gasteiger partial charge in [0.1, 0.15) is 0 Å². The van der Waals surface area contributed by atoms with Gasteiger partial charge in [0.2, 0.25) is 0 Å². The summed E-state index contributed by atoms with van der Waals surface area (Å²) in [5.74, 6) is 0. The van der Waals surface area contributed by atoms with Crippen LogP contribution in [0.1, 0.15) is 39.5 Å². The van der Waals surface area contributed by atoms with Crippen LogP contribution >= 0.6 is 8.25 Å². The molecule has 0 aliphatic rings. The normalized spacial score (nSPS) is 14.5. The first-order chi connectivity index (χ1) is 6.04. The monoisotopic (exact) mass is 209 g/mol. The second kappa shape index (κ2) is 6.55. The maximum Gasteiger partial charge on any atom is 0.316 e. The largest absolute Gasteiger partial charge is 0.326 e. The summed E-state index contributed by atoms with van der Waals surface area (Å²) in [5.41, 5.74) is 5.90. The predicted molar refractivity (Wildman–Crippen MR) is 53.9 cm³/mol. The van der Waals surface area contributed by atoms with Crippen LogP contribution in [-0.2, 0) is 9.09 Å². The molecule has 1 atom stereocenters. The maximum atomic E-state index is 10.2. The molecule has 1 unspecified atom stereocenters. The first-order valence-corrected chi connectivity index (χ1v) is 5.95. The molecule has 0 heterocycles. The minimum Gasteiger partial charge on any atom is -0.326 e. The smallest absolute Gasteiger partial charge is 0.316 e. The number of rotatable bonds is 7. The van der Waals surface area contributed by atoms with Crippen molar-refractivity contribution in [1.82, 2.24) is 0 Å². The van der Waals surface area contributed by atoms with E-state index in [1.165, 1.54) is 0 Å². The lowest BCUT2D eigenvalue weighted by molar-refractivity contribution is 0.253. The van der Waals surface area contributed by atoms with Crippen molar-refractivity contribution in [2.24, 2.45) is 5.73 Å². The third-order valence-corrected chi connectivity index (χ3v) is 2.90. The second-order valence-corrected chi connectivity index (χ2v) is 4.11. The molecule has 0 saturated carbocycles. The fourth-order valence-corrected chi connectivity index (χ4v) is 1.51. The third-order valence-electron chi connectivity index (χ3n) is 2.45. The fourth-order valence-electron chi connectivity index (χ4n) is 1.19. The Morgan fingerprint density at radius 1 is 1.46 bits per heavy atom. The van der Waals surface area contributed by atoms with E-state index >= 15 is 0 Å². The molecule has 0 aromatic carbocycles. The van der Waals surface area contributed by atoms with E-state index in [2.05, 4.69) is 18.4 Å². The van der Waals surface area contributed by atoms with Gasteiger partial charge in [-0.2, -0.15) is 0 Å². The van der Waals surface area contributed by atoms with Gasteiger partial charge in [-0.3, -0.25) is 4.57 Å². The maximum absolute atomic E-state index is 10.2. The van der Waals surface area contributed by atoms with Gasteiger partial charge in [-0.05, 0) is 25.7 Å². The molecule has 5 heteroatoms. The standard InChI is InChI=1S/C8H20NO3P/c1-3-8(9,4-2)6-5-7-12-13(10)11/h13H,3-7,9H2,1-2H3,(H,10,11). The predicted octanol–water partition coefficient (Wildman–Crippen LogP) is 1.68. The lowest BCUT2D eigenvalue weighted by Crippen LogP contribution is -2.38. The average Bonchev–Trinajstić information content (AvgIpc) is 2.12. The molecule has 80 valence electrons. The van der Waals surface area contributed by atoms with Crippen LogP contribution in [0, 0.1) is 0 Å². The van der Waals surface area contributed by atoms with Crippen LogP contribution in [0.4, 0.5) is 0 Å². The van der Waals surface area contributed by atoms with Crippen molar-refractivity contribution in [3.63, 3.8) is 0 Å². The van der Waals surface area contributed by atoms with Crippen LogP contribution in [0.2, 0.25) is 0 Å². The molecule has 0 amide bonds. The van der Waals surface area contributed by atoms with E-state index < -0.39 is 8.25 Å². The SMILES string of the molecule is CCC(N)(CC)CCCO[PH](=O)O. The van der Waals surface area contributed by atoms with E-state index in [0.717, 1.165) is 25.7 Å². The van der Waals surface area contributed by atoms with E-state index in [-0.39, 0.29) is 5.54 Å². The van der Waals surface area contributed by atoms with Gasteiger partial charge in [-0.25, -0.2) is 0 Å². The van der Waals surface area contributed by atoms with Crippen LogP contribution < -0.4 is 5.73 Å². The summed E-state index contributed by atoms with van der Waals surface area (Å²) in [4.78, 5) is 8.39. The molecule has 0 fully saturated rings. The molecular formula is C8H20NO3P. The minimum atomic E-state index is -2.76. The van der Waals surface area contributed by atoms with Crippen molar-refractivity contribution < 1.29 is 14.0 Å². The molecule has 0 saturated heterocycles. The number of nitrogens with two attached hydrogens (primary N) is 1. The quantitative estimate of drug-likeness (QED) is 0.494. The molecule has 3 N–H and O–H groups in total. The van der Waals surface area contributed by atoms with Gasteiger partial charge < -0.3 is 15.2 Å². The Labute approximate surface area is 80.4 Å². The Kier molecular flexibility index (Phi) is 6.60. The molecule has 0 aromatic heterocycles. The topological polar surface area (TPSA) is 72.5 Å². The van der Waals surface area contributed by atoms with Crippen LogP contribution in [-0.4, -0.2) is 17.0 Å². The van der Waals surface area contributed by atoms with Gasteiger partial charge >= 0.3 is 8.25 Å². The van der Waals surface area contributed by atoms with Crippen molar-refractivity contribution in [2.75, 3.05) is 6.61 Å². The summed E-state index contributed by atoms with van der Waals surface area (Å²) in [6.45, 7) is 4.44. The highest BCUT2D eigenvalue weighted by atomic mass is 31.1. The van der Waals surface area contributed by atoms with Crippen molar-refractivity contribution in [3.05, 3.63) is 0 Å². The van der Waals surface area contributed by atoms with Crippen molar-refractivity contribution in [2.45, 2.75) is 45.1 Å². The van der Waals surface area contributed by atoms with E-state index in [4.69, 9.17) is 10.6 Å². The first-order valence-electron chi connectivity index (χ1n) is 4.68. The molecule has 0 rings (SSSR count). The molecular weight excluding hydrogens is 189 g/mol. The Morgan fingerprint density at radius 3 is 2.38 bits per heavy atom. The van der Waals surface area contributed by atoms with E-state index in [0.29, 0.717) is 6.61 Å². The summed E-state index contributed by atoms with van der Waals surface area (Å²) < 4.78 is 14.8. The summed E-state index contributed by atoms with van der Waals surface area (Å²) in [6.07, 6.45) is 3.44. The van der Waals surface area contributed by atoms with Gasteiger partial charge in [-0.15, -0.1) is 0 Å². The van der Waals surface area contributed by atoms with Gasteiger partial charge in [0.05, 0.1) is 6.61 Å². The molecule has 4 nitrogen and oxygen atoms in total. The molecule has 0 spiro atoms. The average molecular weight is 209 g/mol. The van der Waals surface area contributed by atoms with E-state index in [9.17, 15) is 4.57 Å². The van der Waals surface area contributed by atoms with Gasteiger partial charge in [0, 0.05) is 5.54 Å². The van der Waals surface area contributed by atoms with Crippen molar-refractivity contribution in [3.8, 4) is 0 Å². The van der Waals surface area contributed by atoms with Crippen LogP contribution in [0.5, 0.6) is 0 Å². The molecule has 0 radical (unpaired) electrons. The zero-order chi connectivity index (χ0) is 10.3. The Morgan fingerprint density at radius 2 is 2.00 bits per heavy atom. The summed E-state index contributed by atoms with van der Waals surface area (Å²) in [5, 5.41) is 0. The van der Waals surface area contributed by atoms with Gasteiger partial charge in [-0.1, -0.05) is 13.8 Å². The summed E-state index contributed by atoms with van der Waals surface area (Å²) in [7, 11) is -2.76. The highest BCUT2D eigenvalue weighted by Gasteiger charge is 2.19. The van der Waals surface area contributed by atoms with E-state index in [1.54, 1.807) is 0 Å². The molecule has 0 aliphatic heterocycles. The van der Waals surface area contributed by atoms with Crippen LogP contribution in [0.3, 0.4) is 0 Å². The minimum absolute atomic E-state index is 0.130. The molecule has 0 aromatic rings. The summed E-state index contributed by atoms with van der Waals surface area (Å²) >= 11 is 0. The van der Waals surface area contributed by atoms with Crippen molar-refractivity contribution >= 4 is 8.25 Å². The lowest BCUT2D eigenvalue weighted by atomic mass is 9.89. The Bertz CT molecular complexity index is 159. The third kappa shape index (κ3) is 6.22. The second-order valence-electron chi connectivity index (χ2n) is 3.29. The van der Waals surface area contributed by atoms with Crippen LogP contribution in [0.25, 0.3) is 0 Å². The zero-order valence-electron chi connectivity index (χ0n) is 8.38. The highest BCUT2D eigenvalue weighted by Crippen LogP contribution is 2.20. The number of hydrogen-bond acceptors (Lipinski definition) is 3.